The van der Waals surface area contributed by atoms with Crippen LogP contribution in [-0.2, 0) is 19.0 Å². The highest BCUT2D eigenvalue weighted by molar-refractivity contribution is 6.22. The molecule has 2 aliphatic heterocycles. The normalized spacial score (nSPS) is 26.9. The number of H-pyrrole nitrogens is 1. The summed E-state index contributed by atoms with van der Waals surface area (Å²) in [5.74, 6) is -1.05. The Morgan fingerprint density at radius 3 is 2.39 bits per heavy atom. The van der Waals surface area contributed by atoms with Crippen LogP contribution in [0.3, 0.4) is 0 Å². The Morgan fingerprint density at radius 1 is 0.864 bits per heavy atom. The Kier molecular flexibility index (Phi) is 10.4. The van der Waals surface area contributed by atoms with Gasteiger partial charge in [0.15, 0.2) is 23.9 Å². The van der Waals surface area contributed by atoms with Crippen LogP contribution < -0.4 is 11.5 Å². The molecule has 0 saturated carbocycles. The van der Waals surface area contributed by atoms with Crippen molar-refractivity contribution < 1.29 is 49.6 Å². The zero-order valence-electron chi connectivity index (χ0n) is 31.6. The average Bonchev–Trinajstić information content (AvgIpc) is 4.00. The molecule has 2 fully saturated rings. The van der Waals surface area contributed by atoms with E-state index in [2.05, 4.69) is 26.0 Å². The van der Waals surface area contributed by atoms with Crippen LogP contribution in [-0.4, -0.2) is 152 Å². The minimum absolute atomic E-state index is 0.0159. The number of aromatic nitrogens is 6. The summed E-state index contributed by atoms with van der Waals surface area (Å²) in [6, 6.07) is 18.6. The van der Waals surface area contributed by atoms with E-state index in [0.717, 1.165) is 43.6 Å². The summed E-state index contributed by atoms with van der Waals surface area (Å²) >= 11 is 0. The van der Waals surface area contributed by atoms with Gasteiger partial charge in [-0.2, -0.15) is 0 Å². The first-order valence-electron chi connectivity index (χ1n) is 19.4. The topological polar surface area (TPSA) is 286 Å². The summed E-state index contributed by atoms with van der Waals surface area (Å²) in [6.07, 6.45) is -8.47. The van der Waals surface area contributed by atoms with E-state index in [1.807, 2.05) is 59.2 Å². The van der Waals surface area contributed by atoms with Crippen molar-refractivity contribution in [2.75, 3.05) is 38.6 Å². The van der Waals surface area contributed by atoms with Crippen molar-refractivity contribution in [1.29, 1.82) is 0 Å². The zero-order chi connectivity index (χ0) is 41.1. The number of nitrogen functional groups attached to an aromatic ring is 1. The van der Waals surface area contributed by atoms with E-state index >= 15 is 0 Å². The number of carboxylic acids is 1. The lowest BCUT2D eigenvalue weighted by Gasteiger charge is -2.43. The smallest absolute Gasteiger partial charge is 0.320 e. The third-order valence-corrected chi connectivity index (χ3v) is 11.7. The fourth-order valence-corrected chi connectivity index (χ4v) is 8.63. The molecule has 0 spiro atoms. The van der Waals surface area contributed by atoms with E-state index < -0.39 is 73.8 Å². The van der Waals surface area contributed by atoms with Gasteiger partial charge in [0.05, 0.1) is 36.1 Å². The lowest BCUT2D eigenvalue weighted by molar-refractivity contribution is -0.260. The number of aliphatic carboxylic acids is 1. The third-order valence-electron chi connectivity index (χ3n) is 11.7. The molecule has 4 aromatic heterocycles. The van der Waals surface area contributed by atoms with Crippen molar-refractivity contribution in [3.8, 4) is 0 Å². The van der Waals surface area contributed by atoms with Crippen molar-refractivity contribution in [2.24, 2.45) is 5.73 Å². The monoisotopic (exact) mass is 811 g/mol. The van der Waals surface area contributed by atoms with E-state index in [1.54, 1.807) is 4.90 Å². The van der Waals surface area contributed by atoms with Gasteiger partial charge in [0, 0.05) is 46.7 Å². The molecule has 2 saturated heterocycles. The summed E-state index contributed by atoms with van der Waals surface area (Å²) in [5.41, 5.74) is 15.7. The number of fused-ring (bicyclic) bond motifs is 8. The number of para-hydroxylation sites is 2. The van der Waals surface area contributed by atoms with Crippen LogP contribution in [0.25, 0.3) is 54.8 Å². The number of hydrogen-bond donors (Lipinski definition) is 9. The van der Waals surface area contributed by atoms with Crippen LogP contribution in [0.1, 0.15) is 18.9 Å². The summed E-state index contributed by atoms with van der Waals surface area (Å²) in [5, 5.41) is 69.6. The number of carbonyl (C=O) groups is 1. The second kappa shape index (κ2) is 15.7. The molecule has 0 radical (unpaired) electrons. The molecule has 0 amide bonds. The van der Waals surface area contributed by atoms with Gasteiger partial charge in [-0.05, 0) is 18.6 Å². The minimum atomic E-state index is -1.50. The van der Waals surface area contributed by atoms with E-state index in [1.165, 1.54) is 17.2 Å². The van der Waals surface area contributed by atoms with Gasteiger partial charge >= 0.3 is 5.97 Å². The Hall–Kier alpha value is -5.32. The number of carboxylic acid groups (broad SMARTS) is 1. The lowest BCUT2D eigenvalue weighted by atomic mass is 9.97. The van der Waals surface area contributed by atoms with Crippen LogP contribution >= 0.6 is 0 Å². The Balaban J connectivity index is 0.944. The second-order valence-electron chi connectivity index (χ2n) is 15.2. The molecule has 2 aliphatic rings. The number of aliphatic hydroxyl groups is 5. The van der Waals surface area contributed by atoms with Gasteiger partial charge < -0.3 is 65.9 Å². The van der Waals surface area contributed by atoms with Gasteiger partial charge in [0.1, 0.15) is 60.6 Å². The predicted molar refractivity (Wildman–Crippen MR) is 214 cm³/mol. The summed E-state index contributed by atoms with van der Waals surface area (Å²) in [4.78, 5) is 29.2. The Morgan fingerprint density at radius 2 is 1.59 bits per heavy atom. The number of aliphatic hydroxyl groups excluding tert-OH is 5. The van der Waals surface area contributed by atoms with E-state index in [0.29, 0.717) is 11.2 Å². The number of aromatic amines is 1. The second-order valence-corrected chi connectivity index (χ2v) is 15.2. The van der Waals surface area contributed by atoms with Crippen LogP contribution in [0.15, 0.2) is 73.3 Å². The SMILES string of the molecule is Nc1ncnc2c1ncn2[C@@H]1O[C@H](CN(CCO[C@H]2[C@H](O)[C@@H](O)[C@H](n3c4ccccc4c4ccc5c6ccccc6[nH]c5c43)O[C@@H]2CO)CC[C@H](N)C(=O)O)[C@@H](O)[C@H]1O. The highest BCUT2D eigenvalue weighted by Gasteiger charge is 2.47. The van der Waals surface area contributed by atoms with Gasteiger partial charge in [-0.3, -0.25) is 14.3 Å². The van der Waals surface area contributed by atoms with Gasteiger partial charge in [0.25, 0.3) is 0 Å². The predicted octanol–water partition coefficient (Wildman–Crippen LogP) is 0.571. The van der Waals surface area contributed by atoms with Crippen LogP contribution in [0.4, 0.5) is 5.82 Å². The first-order valence-corrected chi connectivity index (χ1v) is 19.4. The van der Waals surface area contributed by atoms with Crippen molar-refractivity contribution in [3.63, 3.8) is 0 Å². The molecule has 3 aromatic carbocycles. The van der Waals surface area contributed by atoms with Crippen LogP contribution in [0.2, 0.25) is 0 Å². The van der Waals surface area contributed by atoms with Crippen LogP contribution in [0.5, 0.6) is 0 Å². The molecule has 9 rings (SSSR count). The third kappa shape index (κ3) is 6.74. The van der Waals surface area contributed by atoms with Gasteiger partial charge in [-0.25, -0.2) is 15.0 Å². The fourth-order valence-electron chi connectivity index (χ4n) is 8.63. The molecular weight excluding hydrogens is 766 g/mol. The van der Waals surface area contributed by atoms with Gasteiger partial charge in [-0.1, -0.05) is 48.5 Å². The molecule has 310 valence electrons. The number of nitrogens with zero attached hydrogens (tertiary/aromatic N) is 6. The maximum absolute atomic E-state index is 11.8. The molecule has 0 unspecified atom stereocenters. The molecule has 10 atom stereocenters. The zero-order valence-corrected chi connectivity index (χ0v) is 31.6. The number of nitrogens with one attached hydrogen (secondary N) is 1. The summed E-state index contributed by atoms with van der Waals surface area (Å²) < 4.78 is 22.1. The lowest BCUT2D eigenvalue weighted by Crippen LogP contribution is -2.58. The molecule has 6 heterocycles. The molecule has 19 heteroatoms. The fraction of sp³-hybridized carbons (Fsp3) is 0.400. The van der Waals surface area contributed by atoms with E-state index in [4.69, 9.17) is 25.7 Å². The van der Waals surface area contributed by atoms with Crippen LogP contribution in [0, 0.1) is 0 Å². The number of anilines is 1. The Bertz CT molecular complexity index is 2650. The molecule has 11 N–H and O–H groups in total. The average molecular weight is 812 g/mol. The quantitative estimate of drug-likeness (QED) is 0.0770. The first-order chi connectivity index (χ1) is 28.5. The number of benzene rings is 3. The molecular formula is C40H45N9O10. The molecule has 19 nitrogen and oxygen atoms in total. The molecule has 0 aliphatic carbocycles. The van der Waals surface area contributed by atoms with Gasteiger partial charge in [-0.15, -0.1) is 0 Å². The number of hydrogen-bond acceptors (Lipinski definition) is 15. The highest BCUT2D eigenvalue weighted by Crippen LogP contribution is 2.42. The van der Waals surface area contributed by atoms with E-state index in [9.17, 15) is 35.4 Å². The van der Waals surface area contributed by atoms with E-state index in [-0.39, 0.29) is 38.5 Å². The number of rotatable bonds is 13. The number of imidazole rings is 1. The van der Waals surface area contributed by atoms with Crippen molar-refractivity contribution in [3.05, 3.63) is 73.3 Å². The summed E-state index contributed by atoms with van der Waals surface area (Å²) in [7, 11) is 0. The van der Waals surface area contributed by atoms with Crippen molar-refractivity contribution in [1.82, 2.24) is 34.0 Å². The maximum atomic E-state index is 11.8. The standard InChI is InChI=1S/C40H45N9O10/c41-23(40(55)56)11-12-47(15-26-31(51)33(53)38(58-26)48-18-45-29-36(42)43-17-44-37(29)48)13-14-57-35-27(16-50)59-39(34(54)32(35)52)49-25-8-4-2-6-20(25)22-10-9-21-19-5-1-3-7-24(19)46-28(21)30(22)49/h1-10,17-18,23,26-27,31-35,38-39,46,50-54H,11-16,41H2,(H,55,56)(H2,42,43,44)/t23-,26+,27+,31+,32+,33+,34+,35+,38+,39+/m0/s1. The number of nitrogens with two attached hydrogens (primary N) is 2. The van der Waals surface area contributed by atoms with Gasteiger partial charge in [0.2, 0.25) is 0 Å². The molecule has 59 heavy (non-hydrogen) atoms. The maximum Gasteiger partial charge on any atom is 0.320 e. The summed E-state index contributed by atoms with van der Waals surface area (Å²) in [6.45, 7) is -0.354. The van der Waals surface area contributed by atoms with Crippen molar-refractivity contribution in [2.45, 2.75) is 67.6 Å². The molecule has 0 bridgehead atoms. The van der Waals surface area contributed by atoms with Crippen molar-refractivity contribution >= 4 is 66.6 Å². The number of ether oxygens (including phenoxy) is 3. The Labute approximate surface area is 335 Å². The highest BCUT2D eigenvalue weighted by atomic mass is 16.6. The largest absolute Gasteiger partial charge is 0.480 e. The molecule has 7 aromatic rings. The minimum Gasteiger partial charge on any atom is -0.480 e. The first kappa shape index (κ1) is 39.2.